The first-order chi connectivity index (χ1) is 13.6. The van der Waals surface area contributed by atoms with E-state index in [1.807, 2.05) is 18.2 Å². The second-order valence-electron chi connectivity index (χ2n) is 6.42. The van der Waals surface area contributed by atoms with Crippen LogP contribution in [0.1, 0.15) is 26.7 Å². The Bertz CT molecular complexity index is 944. The third-order valence-corrected chi connectivity index (χ3v) is 4.24. The summed E-state index contributed by atoms with van der Waals surface area (Å²) < 4.78 is 24.4. The third kappa shape index (κ3) is 4.76. The van der Waals surface area contributed by atoms with E-state index in [0.29, 0.717) is 29.3 Å². The standard InChI is InChI=1S/C22H23FN2O3/c1-3-4-14-27-20-12-11-19(18-6-5-13-24-21(18)20)25-22(26)15(2)28-17-9-7-16(23)8-10-17/h5-13,15H,3-4,14H2,1-2H3,(H,25,26). The average molecular weight is 382 g/mol. The van der Waals surface area contributed by atoms with Gasteiger partial charge in [-0.25, -0.2) is 4.39 Å². The number of carbonyl (C=O) groups excluding carboxylic acids is 1. The van der Waals surface area contributed by atoms with E-state index in [1.54, 1.807) is 19.2 Å². The molecular weight excluding hydrogens is 359 g/mol. The molecule has 1 amide bonds. The molecule has 1 N–H and O–H groups in total. The maximum atomic E-state index is 13.0. The molecule has 28 heavy (non-hydrogen) atoms. The lowest BCUT2D eigenvalue weighted by molar-refractivity contribution is -0.122. The summed E-state index contributed by atoms with van der Waals surface area (Å²) in [5.41, 5.74) is 1.33. The van der Waals surface area contributed by atoms with Crippen molar-refractivity contribution < 1.29 is 18.7 Å². The number of hydrogen-bond acceptors (Lipinski definition) is 4. The number of anilines is 1. The van der Waals surface area contributed by atoms with Gasteiger partial charge in [-0.1, -0.05) is 13.3 Å². The molecule has 3 aromatic rings. The first-order valence-corrected chi connectivity index (χ1v) is 9.32. The van der Waals surface area contributed by atoms with Crippen LogP contribution in [0.4, 0.5) is 10.1 Å². The number of carbonyl (C=O) groups is 1. The summed E-state index contributed by atoms with van der Waals surface area (Å²) in [6.07, 6.45) is 2.95. The van der Waals surface area contributed by atoms with Crippen LogP contribution in [0.2, 0.25) is 0 Å². The highest BCUT2D eigenvalue weighted by atomic mass is 19.1. The number of benzene rings is 2. The number of hydrogen-bond donors (Lipinski definition) is 1. The fourth-order valence-electron chi connectivity index (χ4n) is 2.70. The van der Waals surface area contributed by atoms with Gasteiger partial charge in [-0.3, -0.25) is 9.78 Å². The number of aromatic nitrogens is 1. The van der Waals surface area contributed by atoms with E-state index < -0.39 is 6.10 Å². The molecule has 1 unspecified atom stereocenters. The zero-order chi connectivity index (χ0) is 19.9. The fourth-order valence-corrected chi connectivity index (χ4v) is 2.70. The van der Waals surface area contributed by atoms with E-state index >= 15 is 0 Å². The molecule has 0 spiro atoms. The second-order valence-corrected chi connectivity index (χ2v) is 6.42. The molecule has 3 rings (SSSR count). The third-order valence-electron chi connectivity index (χ3n) is 4.24. The van der Waals surface area contributed by atoms with Gasteiger partial charge in [0, 0.05) is 11.6 Å². The SMILES string of the molecule is CCCCOc1ccc(NC(=O)C(C)Oc2ccc(F)cc2)c2cccnc12. The number of unbranched alkanes of at least 4 members (excludes halogenated alkanes) is 1. The Hall–Kier alpha value is -3.15. The zero-order valence-corrected chi connectivity index (χ0v) is 15.9. The average Bonchev–Trinajstić information content (AvgIpc) is 2.71. The van der Waals surface area contributed by atoms with Crippen LogP contribution in [0.5, 0.6) is 11.5 Å². The number of ether oxygens (including phenoxy) is 2. The predicted molar refractivity (Wildman–Crippen MR) is 107 cm³/mol. The van der Waals surface area contributed by atoms with Gasteiger partial charge in [-0.15, -0.1) is 0 Å². The summed E-state index contributed by atoms with van der Waals surface area (Å²) in [7, 11) is 0. The van der Waals surface area contributed by atoms with Crippen LogP contribution < -0.4 is 14.8 Å². The van der Waals surface area contributed by atoms with Crippen molar-refractivity contribution >= 4 is 22.5 Å². The molecule has 6 heteroatoms. The lowest BCUT2D eigenvalue weighted by Crippen LogP contribution is -2.30. The minimum atomic E-state index is -0.752. The molecule has 0 aliphatic carbocycles. The largest absolute Gasteiger partial charge is 0.491 e. The summed E-state index contributed by atoms with van der Waals surface area (Å²) in [4.78, 5) is 17.0. The summed E-state index contributed by atoms with van der Waals surface area (Å²) in [6.45, 7) is 4.37. The Balaban J connectivity index is 1.75. The van der Waals surface area contributed by atoms with Gasteiger partial charge in [0.25, 0.3) is 5.91 Å². The van der Waals surface area contributed by atoms with Crippen LogP contribution in [0.15, 0.2) is 54.7 Å². The Labute approximate surface area is 163 Å². The van der Waals surface area contributed by atoms with E-state index in [-0.39, 0.29) is 11.7 Å². The van der Waals surface area contributed by atoms with E-state index in [9.17, 15) is 9.18 Å². The molecule has 5 nitrogen and oxygen atoms in total. The maximum Gasteiger partial charge on any atom is 0.265 e. The molecule has 0 bridgehead atoms. The second kappa shape index (κ2) is 9.17. The van der Waals surface area contributed by atoms with E-state index in [2.05, 4.69) is 17.2 Å². The Morgan fingerprint density at radius 2 is 1.96 bits per heavy atom. The topological polar surface area (TPSA) is 60.5 Å². The van der Waals surface area contributed by atoms with Crippen molar-refractivity contribution in [1.29, 1.82) is 0 Å². The first kappa shape index (κ1) is 19.6. The van der Waals surface area contributed by atoms with Gasteiger partial charge in [-0.05, 0) is 61.9 Å². The van der Waals surface area contributed by atoms with Gasteiger partial charge in [0.2, 0.25) is 0 Å². The number of fused-ring (bicyclic) bond motifs is 1. The zero-order valence-electron chi connectivity index (χ0n) is 15.9. The van der Waals surface area contributed by atoms with Gasteiger partial charge in [0.1, 0.15) is 22.8 Å². The predicted octanol–water partition coefficient (Wildman–Crippen LogP) is 4.96. The Morgan fingerprint density at radius 3 is 2.71 bits per heavy atom. The van der Waals surface area contributed by atoms with Gasteiger partial charge < -0.3 is 14.8 Å². The molecule has 1 heterocycles. The quantitative estimate of drug-likeness (QED) is 0.560. The van der Waals surface area contributed by atoms with Crippen molar-refractivity contribution in [1.82, 2.24) is 4.98 Å². The lowest BCUT2D eigenvalue weighted by Gasteiger charge is -2.16. The van der Waals surface area contributed by atoms with Crippen LogP contribution in [-0.2, 0) is 4.79 Å². The smallest absolute Gasteiger partial charge is 0.265 e. The van der Waals surface area contributed by atoms with Crippen molar-refractivity contribution in [2.45, 2.75) is 32.8 Å². The molecule has 0 fully saturated rings. The molecule has 0 saturated carbocycles. The normalized spacial score (nSPS) is 11.8. The van der Waals surface area contributed by atoms with Gasteiger partial charge in [-0.2, -0.15) is 0 Å². The number of halogens is 1. The van der Waals surface area contributed by atoms with Crippen LogP contribution in [0, 0.1) is 5.82 Å². The fraction of sp³-hybridized carbons (Fsp3) is 0.273. The maximum absolute atomic E-state index is 13.0. The van der Waals surface area contributed by atoms with Crippen LogP contribution >= 0.6 is 0 Å². The highest BCUT2D eigenvalue weighted by Crippen LogP contribution is 2.30. The number of amides is 1. The molecule has 0 saturated heterocycles. The molecule has 146 valence electrons. The van der Waals surface area contributed by atoms with Crippen LogP contribution in [0.3, 0.4) is 0 Å². The summed E-state index contributed by atoms with van der Waals surface area (Å²) in [5.74, 6) is 0.451. The number of nitrogens with one attached hydrogen (secondary N) is 1. The minimum absolute atomic E-state index is 0.311. The minimum Gasteiger partial charge on any atom is -0.491 e. The molecule has 2 aromatic carbocycles. The number of rotatable bonds is 8. The van der Waals surface area contributed by atoms with E-state index in [1.165, 1.54) is 24.3 Å². The van der Waals surface area contributed by atoms with Gasteiger partial charge >= 0.3 is 0 Å². The van der Waals surface area contributed by atoms with E-state index in [4.69, 9.17) is 9.47 Å². The Kier molecular flexibility index (Phi) is 6.42. The van der Waals surface area contributed by atoms with Gasteiger partial charge in [0.15, 0.2) is 6.10 Å². The molecule has 0 radical (unpaired) electrons. The van der Waals surface area contributed by atoms with Crippen molar-refractivity contribution in [3.05, 3.63) is 60.5 Å². The van der Waals surface area contributed by atoms with Crippen LogP contribution in [-0.4, -0.2) is 23.6 Å². The first-order valence-electron chi connectivity index (χ1n) is 9.32. The Morgan fingerprint density at radius 1 is 1.18 bits per heavy atom. The van der Waals surface area contributed by atoms with Crippen molar-refractivity contribution in [2.24, 2.45) is 0 Å². The van der Waals surface area contributed by atoms with Crippen molar-refractivity contribution in [2.75, 3.05) is 11.9 Å². The number of pyridine rings is 1. The van der Waals surface area contributed by atoms with Gasteiger partial charge in [0.05, 0.1) is 12.3 Å². The summed E-state index contributed by atoms with van der Waals surface area (Å²) >= 11 is 0. The monoisotopic (exact) mass is 382 g/mol. The summed E-state index contributed by atoms with van der Waals surface area (Å²) in [5, 5.41) is 3.67. The van der Waals surface area contributed by atoms with Crippen molar-refractivity contribution in [3.63, 3.8) is 0 Å². The van der Waals surface area contributed by atoms with Crippen LogP contribution in [0.25, 0.3) is 10.9 Å². The molecule has 0 aliphatic heterocycles. The molecule has 1 atom stereocenters. The van der Waals surface area contributed by atoms with Crippen molar-refractivity contribution in [3.8, 4) is 11.5 Å². The molecule has 0 aliphatic rings. The molecular formula is C22H23FN2O3. The summed E-state index contributed by atoms with van der Waals surface area (Å²) in [6, 6.07) is 12.9. The highest BCUT2D eigenvalue weighted by molar-refractivity contribution is 6.04. The van der Waals surface area contributed by atoms with E-state index in [0.717, 1.165) is 18.2 Å². The highest BCUT2D eigenvalue weighted by Gasteiger charge is 2.17. The number of nitrogens with zero attached hydrogens (tertiary/aromatic N) is 1. The lowest BCUT2D eigenvalue weighted by atomic mass is 10.1. The molecule has 1 aromatic heterocycles.